The molecular weight excluding hydrogens is 280 g/mol. The highest BCUT2D eigenvalue weighted by molar-refractivity contribution is 5.92. The number of likely N-dealkylation sites (N-methyl/N-ethyl adjacent to an activating group) is 1. The molecule has 1 aromatic heterocycles. The largest absolute Gasteiger partial charge is 0.493 e. The van der Waals surface area contributed by atoms with Crippen LogP contribution in [0.1, 0.15) is 16.1 Å². The summed E-state index contributed by atoms with van der Waals surface area (Å²) in [6.45, 7) is 0.638. The molecule has 0 aliphatic carbocycles. The standard InChI is InChI=1S/C17H22N2O3/c1-18-10-5-6-14(18)17(20)19(2)11-9-13-7-8-15(21-3)16(12-13)22-4/h5-8,10,12H,9,11H2,1-4H3. The highest BCUT2D eigenvalue weighted by atomic mass is 16.5. The summed E-state index contributed by atoms with van der Waals surface area (Å²) < 4.78 is 12.4. The lowest BCUT2D eigenvalue weighted by Crippen LogP contribution is -2.30. The van der Waals surface area contributed by atoms with Crippen LogP contribution in [0.2, 0.25) is 0 Å². The van der Waals surface area contributed by atoms with Crippen molar-refractivity contribution in [2.75, 3.05) is 27.8 Å². The molecule has 0 unspecified atom stereocenters. The minimum Gasteiger partial charge on any atom is -0.493 e. The maximum Gasteiger partial charge on any atom is 0.270 e. The van der Waals surface area contributed by atoms with Gasteiger partial charge < -0.3 is 18.9 Å². The maximum atomic E-state index is 12.3. The average Bonchev–Trinajstić information content (AvgIpc) is 2.97. The third kappa shape index (κ3) is 3.42. The van der Waals surface area contributed by atoms with Crippen LogP contribution in [-0.2, 0) is 13.5 Å². The van der Waals surface area contributed by atoms with Gasteiger partial charge in [-0.3, -0.25) is 4.79 Å². The number of ether oxygens (including phenoxy) is 2. The predicted molar refractivity (Wildman–Crippen MR) is 85.6 cm³/mol. The third-order valence-electron chi connectivity index (χ3n) is 3.69. The van der Waals surface area contributed by atoms with Crippen molar-refractivity contribution in [1.82, 2.24) is 9.47 Å². The Bertz CT molecular complexity index is 649. The van der Waals surface area contributed by atoms with Gasteiger partial charge in [0.1, 0.15) is 5.69 Å². The van der Waals surface area contributed by atoms with Gasteiger partial charge in [0.05, 0.1) is 14.2 Å². The van der Waals surface area contributed by atoms with E-state index in [-0.39, 0.29) is 5.91 Å². The van der Waals surface area contributed by atoms with E-state index in [0.29, 0.717) is 23.7 Å². The Kier molecular flexibility index (Phi) is 5.09. The molecule has 0 bridgehead atoms. The second kappa shape index (κ2) is 7.02. The number of aryl methyl sites for hydroxylation is 1. The van der Waals surface area contributed by atoms with Crippen molar-refractivity contribution in [2.24, 2.45) is 7.05 Å². The summed E-state index contributed by atoms with van der Waals surface area (Å²) in [6.07, 6.45) is 2.63. The molecule has 2 aromatic rings. The van der Waals surface area contributed by atoms with Crippen LogP contribution in [-0.4, -0.2) is 43.2 Å². The number of nitrogens with zero attached hydrogens (tertiary/aromatic N) is 2. The molecule has 0 spiro atoms. The molecule has 0 N–H and O–H groups in total. The maximum absolute atomic E-state index is 12.3. The number of hydrogen-bond donors (Lipinski definition) is 0. The Labute approximate surface area is 131 Å². The summed E-state index contributed by atoms with van der Waals surface area (Å²) in [4.78, 5) is 14.1. The van der Waals surface area contributed by atoms with Gasteiger partial charge >= 0.3 is 0 Å². The first-order valence-electron chi connectivity index (χ1n) is 7.14. The molecular formula is C17H22N2O3. The summed E-state index contributed by atoms with van der Waals surface area (Å²) >= 11 is 0. The van der Waals surface area contributed by atoms with Gasteiger partial charge in [0.15, 0.2) is 11.5 Å². The molecule has 0 fully saturated rings. The van der Waals surface area contributed by atoms with Crippen LogP contribution in [0, 0.1) is 0 Å². The molecule has 22 heavy (non-hydrogen) atoms. The third-order valence-corrected chi connectivity index (χ3v) is 3.69. The van der Waals surface area contributed by atoms with E-state index in [1.807, 2.05) is 55.2 Å². The van der Waals surface area contributed by atoms with Crippen LogP contribution in [0.5, 0.6) is 11.5 Å². The van der Waals surface area contributed by atoms with Crippen LogP contribution in [0.4, 0.5) is 0 Å². The van der Waals surface area contributed by atoms with Gasteiger partial charge in [0.2, 0.25) is 0 Å². The molecule has 0 saturated heterocycles. The van der Waals surface area contributed by atoms with Crippen molar-refractivity contribution in [3.05, 3.63) is 47.8 Å². The van der Waals surface area contributed by atoms with E-state index in [1.54, 1.807) is 19.1 Å². The van der Waals surface area contributed by atoms with Crippen molar-refractivity contribution in [3.63, 3.8) is 0 Å². The number of rotatable bonds is 6. The summed E-state index contributed by atoms with van der Waals surface area (Å²) in [5, 5.41) is 0. The van der Waals surface area contributed by atoms with E-state index < -0.39 is 0 Å². The number of carbonyl (C=O) groups excluding carboxylic acids is 1. The van der Waals surface area contributed by atoms with Crippen LogP contribution < -0.4 is 9.47 Å². The van der Waals surface area contributed by atoms with Gasteiger partial charge in [-0.2, -0.15) is 0 Å². The number of hydrogen-bond acceptors (Lipinski definition) is 3. The minimum absolute atomic E-state index is 0.0213. The Morgan fingerprint density at radius 2 is 1.91 bits per heavy atom. The molecule has 1 aromatic carbocycles. The van der Waals surface area contributed by atoms with Crippen molar-refractivity contribution in [1.29, 1.82) is 0 Å². The van der Waals surface area contributed by atoms with Crippen LogP contribution >= 0.6 is 0 Å². The van der Waals surface area contributed by atoms with Crippen LogP contribution in [0.25, 0.3) is 0 Å². The molecule has 0 atom stereocenters. The molecule has 1 heterocycles. The van der Waals surface area contributed by atoms with E-state index in [9.17, 15) is 4.79 Å². The zero-order chi connectivity index (χ0) is 16.1. The molecule has 0 radical (unpaired) electrons. The van der Waals surface area contributed by atoms with E-state index in [1.165, 1.54) is 0 Å². The van der Waals surface area contributed by atoms with Crippen LogP contribution in [0.3, 0.4) is 0 Å². The molecule has 5 heteroatoms. The zero-order valence-electron chi connectivity index (χ0n) is 13.5. The number of carbonyl (C=O) groups is 1. The first kappa shape index (κ1) is 15.9. The fourth-order valence-corrected chi connectivity index (χ4v) is 2.31. The molecule has 0 aliphatic rings. The molecule has 2 rings (SSSR count). The Morgan fingerprint density at radius 1 is 1.18 bits per heavy atom. The quantitative estimate of drug-likeness (QED) is 0.823. The lowest BCUT2D eigenvalue weighted by Gasteiger charge is -2.18. The van der Waals surface area contributed by atoms with Crippen LogP contribution in [0.15, 0.2) is 36.5 Å². The lowest BCUT2D eigenvalue weighted by atomic mass is 10.1. The predicted octanol–water partition coefficient (Wildman–Crippen LogP) is 2.36. The topological polar surface area (TPSA) is 43.7 Å². The van der Waals surface area contributed by atoms with Gasteiger partial charge in [-0.05, 0) is 36.2 Å². The van der Waals surface area contributed by atoms with E-state index in [0.717, 1.165) is 12.0 Å². The summed E-state index contributed by atoms with van der Waals surface area (Å²) in [7, 11) is 6.92. The SMILES string of the molecule is COc1ccc(CCN(C)C(=O)c2cccn2C)cc1OC. The summed E-state index contributed by atoms with van der Waals surface area (Å²) in [5.74, 6) is 1.43. The zero-order valence-corrected chi connectivity index (χ0v) is 13.5. The van der Waals surface area contributed by atoms with Crippen molar-refractivity contribution in [2.45, 2.75) is 6.42 Å². The number of aromatic nitrogens is 1. The molecule has 118 valence electrons. The Balaban J connectivity index is 2.00. The fraction of sp³-hybridized carbons (Fsp3) is 0.353. The first-order chi connectivity index (χ1) is 10.6. The van der Waals surface area contributed by atoms with E-state index >= 15 is 0 Å². The number of methoxy groups -OCH3 is 2. The molecule has 0 aliphatic heterocycles. The van der Waals surface area contributed by atoms with Gasteiger partial charge in [0.25, 0.3) is 5.91 Å². The second-order valence-electron chi connectivity index (χ2n) is 5.17. The van der Waals surface area contributed by atoms with E-state index in [4.69, 9.17) is 9.47 Å². The highest BCUT2D eigenvalue weighted by Crippen LogP contribution is 2.27. The average molecular weight is 302 g/mol. The Hall–Kier alpha value is -2.43. The Morgan fingerprint density at radius 3 is 2.50 bits per heavy atom. The van der Waals surface area contributed by atoms with Crippen molar-refractivity contribution < 1.29 is 14.3 Å². The smallest absolute Gasteiger partial charge is 0.270 e. The van der Waals surface area contributed by atoms with Gasteiger partial charge in [-0.1, -0.05) is 6.07 Å². The van der Waals surface area contributed by atoms with Gasteiger partial charge in [-0.25, -0.2) is 0 Å². The first-order valence-corrected chi connectivity index (χ1v) is 7.14. The summed E-state index contributed by atoms with van der Waals surface area (Å²) in [6, 6.07) is 9.51. The summed E-state index contributed by atoms with van der Waals surface area (Å²) in [5.41, 5.74) is 1.79. The van der Waals surface area contributed by atoms with Gasteiger partial charge in [-0.15, -0.1) is 0 Å². The normalized spacial score (nSPS) is 10.4. The lowest BCUT2D eigenvalue weighted by molar-refractivity contribution is 0.0787. The number of benzene rings is 1. The highest BCUT2D eigenvalue weighted by Gasteiger charge is 2.14. The fourth-order valence-electron chi connectivity index (χ4n) is 2.31. The minimum atomic E-state index is 0.0213. The van der Waals surface area contributed by atoms with Crippen molar-refractivity contribution >= 4 is 5.91 Å². The van der Waals surface area contributed by atoms with Gasteiger partial charge in [0, 0.05) is 26.8 Å². The van der Waals surface area contributed by atoms with Crippen molar-refractivity contribution in [3.8, 4) is 11.5 Å². The monoisotopic (exact) mass is 302 g/mol. The van der Waals surface area contributed by atoms with E-state index in [2.05, 4.69) is 0 Å². The molecule has 0 saturated carbocycles. The number of amides is 1. The molecule has 5 nitrogen and oxygen atoms in total. The second-order valence-corrected chi connectivity index (χ2v) is 5.17. The molecule has 1 amide bonds.